The number of methoxy groups -OCH3 is 1. The van der Waals surface area contributed by atoms with Crippen LogP contribution in [0, 0.1) is 0 Å². The van der Waals surface area contributed by atoms with Crippen molar-refractivity contribution in [3.05, 3.63) is 89.4 Å². The summed E-state index contributed by atoms with van der Waals surface area (Å²) in [6, 6.07) is 25.7. The van der Waals surface area contributed by atoms with Crippen molar-refractivity contribution in [3.63, 3.8) is 0 Å². The van der Waals surface area contributed by atoms with Crippen LogP contribution in [0.4, 0.5) is 0 Å². The molecule has 128 valence electrons. The first-order valence-corrected chi connectivity index (χ1v) is 9.08. The monoisotopic (exact) mass is 359 g/mol. The van der Waals surface area contributed by atoms with Crippen LogP contribution in [0.5, 0.6) is 11.5 Å². The molecule has 3 aromatic carbocycles. The van der Waals surface area contributed by atoms with Crippen molar-refractivity contribution in [1.29, 1.82) is 0 Å². The first-order chi connectivity index (χ1) is 12.8. The molecule has 0 unspecified atom stereocenters. The molecule has 26 heavy (non-hydrogen) atoms. The summed E-state index contributed by atoms with van der Waals surface area (Å²) in [5.74, 6) is 2.33. The van der Waals surface area contributed by atoms with Gasteiger partial charge in [-0.3, -0.25) is 0 Å². The molecule has 0 amide bonds. The standard InChI is InChI=1S/C22H17NO2S/c1-24-17-13-11-16(12-14-17)15-20(25-18-7-3-2-4-8-18)22-23-19-9-5-6-10-21(19)26-22/h2-15H,1H3/b20-15-. The van der Waals surface area contributed by atoms with Gasteiger partial charge >= 0.3 is 0 Å². The Labute approximate surface area is 156 Å². The normalized spacial score (nSPS) is 11.5. The molecule has 4 heteroatoms. The van der Waals surface area contributed by atoms with E-state index in [-0.39, 0.29) is 0 Å². The van der Waals surface area contributed by atoms with Gasteiger partial charge in [0.25, 0.3) is 0 Å². The van der Waals surface area contributed by atoms with Gasteiger partial charge in [-0.15, -0.1) is 11.3 Å². The number of benzene rings is 3. The van der Waals surface area contributed by atoms with Crippen molar-refractivity contribution in [3.8, 4) is 11.5 Å². The fourth-order valence-corrected chi connectivity index (χ4v) is 3.50. The maximum absolute atomic E-state index is 6.17. The number of para-hydroxylation sites is 2. The summed E-state index contributed by atoms with van der Waals surface area (Å²) < 4.78 is 12.5. The highest BCUT2D eigenvalue weighted by atomic mass is 32.1. The maximum atomic E-state index is 6.17. The summed E-state index contributed by atoms with van der Waals surface area (Å²) in [7, 11) is 1.66. The molecule has 0 saturated carbocycles. The van der Waals surface area contributed by atoms with Crippen LogP contribution >= 0.6 is 11.3 Å². The molecule has 0 spiro atoms. The average Bonchev–Trinajstić information content (AvgIpc) is 3.13. The van der Waals surface area contributed by atoms with Gasteiger partial charge in [0, 0.05) is 0 Å². The van der Waals surface area contributed by atoms with Crippen molar-refractivity contribution in [2.24, 2.45) is 0 Å². The molecule has 0 aliphatic heterocycles. The summed E-state index contributed by atoms with van der Waals surface area (Å²) in [4.78, 5) is 4.74. The minimum absolute atomic E-state index is 0.725. The van der Waals surface area contributed by atoms with Crippen LogP contribution in [0.1, 0.15) is 10.6 Å². The van der Waals surface area contributed by atoms with Gasteiger partial charge in [0.1, 0.15) is 11.5 Å². The SMILES string of the molecule is COc1ccc(/C=C(\Oc2ccccc2)c2nc3ccccc3s2)cc1. The molecule has 0 fully saturated rings. The Kier molecular flexibility index (Phi) is 4.67. The molecule has 0 aliphatic carbocycles. The molecule has 4 rings (SSSR count). The number of fused-ring (bicyclic) bond motifs is 1. The summed E-state index contributed by atoms with van der Waals surface area (Å²) in [5, 5.41) is 0.853. The molecular formula is C22H17NO2S. The van der Waals surface area contributed by atoms with Crippen LogP contribution in [0.15, 0.2) is 78.9 Å². The lowest BCUT2D eigenvalue weighted by molar-refractivity contribution is 0.415. The molecule has 0 radical (unpaired) electrons. The summed E-state index contributed by atoms with van der Waals surface area (Å²) in [6.45, 7) is 0. The molecule has 0 atom stereocenters. The number of hydrogen-bond donors (Lipinski definition) is 0. The molecule has 0 aliphatic rings. The minimum atomic E-state index is 0.725. The fraction of sp³-hybridized carbons (Fsp3) is 0.0455. The highest BCUT2D eigenvalue weighted by molar-refractivity contribution is 7.19. The predicted octanol–water partition coefficient (Wildman–Crippen LogP) is 5.88. The van der Waals surface area contributed by atoms with Crippen molar-refractivity contribution >= 4 is 33.4 Å². The Hall–Kier alpha value is -3.11. The molecule has 4 aromatic rings. The number of thiazole rings is 1. The Morgan fingerprint density at radius 3 is 2.31 bits per heavy atom. The Morgan fingerprint density at radius 2 is 1.58 bits per heavy atom. The van der Waals surface area contributed by atoms with Gasteiger partial charge in [-0.05, 0) is 48.0 Å². The molecule has 1 heterocycles. The van der Waals surface area contributed by atoms with E-state index in [9.17, 15) is 0 Å². The number of aromatic nitrogens is 1. The number of hydrogen-bond acceptors (Lipinski definition) is 4. The molecular weight excluding hydrogens is 342 g/mol. The Balaban J connectivity index is 1.76. The minimum Gasteiger partial charge on any atom is -0.497 e. The highest BCUT2D eigenvalue weighted by Crippen LogP contribution is 2.30. The van der Waals surface area contributed by atoms with Crippen LogP contribution < -0.4 is 9.47 Å². The largest absolute Gasteiger partial charge is 0.497 e. The van der Waals surface area contributed by atoms with Crippen molar-refractivity contribution in [2.45, 2.75) is 0 Å². The van der Waals surface area contributed by atoms with Crippen LogP contribution in [0.3, 0.4) is 0 Å². The third-order valence-electron chi connectivity index (χ3n) is 3.89. The Bertz CT molecular complexity index is 1000. The van der Waals surface area contributed by atoms with Crippen LogP contribution in [-0.4, -0.2) is 12.1 Å². The van der Waals surface area contributed by atoms with Gasteiger partial charge in [-0.2, -0.15) is 0 Å². The van der Waals surface area contributed by atoms with E-state index in [4.69, 9.17) is 14.5 Å². The highest BCUT2D eigenvalue weighted by Gasteiger charge is 2.11. The lowest BCUT2D eigenvalue weighted by Gasteiger charge is -2.08. The molecule has 0 bridgehead atoms. The van der Waals surface area contributed by atoms with Crippen molar-refractivity contribution in [1.82, 2.24) is 4.98 Å². The van der Waals surface area contributed by atoms with E-state index in [1.165, 1.54) is 0 Å². The zero-order valence-electron chi connectivity index (χ0n) is 14.3. The second-order valence-electron chi connectivity index (χ2n) is 5.68. The molecule has 0 N–H and O–H groups in total. The molecule has 1 aromatic heterocycles. The third-order valence-corrected chi connectivity index (χ3v) is 4.94. The second kappa shape index (κ2) is 7.42. The van der Waals surface area contributed by atoms with Crippen LogP contribution in [0.2, 0.25) is 0 Å². The van der Waals surface area contributed by atoms with Gasteiger partial charge in [0.2, 0.25) is 0 Å². The first-order valence-electron chi connectivity index (χ1n) is 8.26. The third kappa shape index (κ3) is 3.60. The average molecular weight is 359 g/mol. The summed E-state index contributed by atoms with van der Waals surface area (Å²) >= 11 is 1.62. The number of ether oxygens (including phenoxy) is 2. The van der Waals surface area contributed by atoms with E-state index in [0.29, 0.717) is 0 Å². The summed E-state index contributed by atoms with van der Waals surface area (Å²) in [5.41, 5.74) is 2.00. The van der Waals surface area contributed by atoms with Gasteiger partial charge in [0.05, 0.1) is 17.3 Å². The van der Waals surface area contributed by atoms with E-state index in [0.717, 1.165) is 38.0 Å². The van der Waals surface area contributed by atoms with E-state index in [2.05, 4.69) is 6.07 Å². The number of nitrogens with zero attached hydrogens (tertiary/aromatic N) is 1. The number of rotatable bonds is 5. The quantitative estimate of drug-likeness (QED) is 0.417. The topological polar surface area (TPSA) is 31.4 Å². The van der Waals surface area contributed by atoms with Crippen LogP contribution in [0.25, 0.3) is 22.1 Å². The van der Waals surface area contributed by atoms with Crippen LogP contribution in [-0.2, 0) is 0 Å². The Morgan fingerprint density at radius 1 is 0.846 bits per heavy atom. The first kappa shape index (κ1) is 16.4. The van der Waals surface area contributed by atoms with Gasteiger partial charge < -0.3 is 9.47 Å². The van der Waals surface area contributed by atoms with Crippen molar-refractivity contribution in [2.75, 3.05) is 7.11 Å². The smallest absolute Gasteiger partial charge is 0.163 e. The predicted molar refractivity (Wildman–Crippen MR) is 108 cm³/mol. The van der Waals surface area contributed by atoms with Gasteiger partial charge in [-0.25, -0.2) is 4.98 Å². The maximum Gasteiger partial charge on any atom is 0.163 e. The van der Waals surface area contributed by atoms with E-state index in [1.807, 2.05) is 78.9 Å². The second-order valence-corrected chi connectivity index (χ2v) is 6.71. The zero-order valence-corrected chi connectivity index (χ0v) is 15.1. The molecule has 3 nitrogen and oxygen atoms in total. The van der Waals surface area contributed by atoms with Gasteiger partial charge in [-0.1, -0.05) is 42.5 Å². The van der Waals surface area contributed by atoms with Crippen molar-refractivity contribution < 1.29 is 9.47 Å². The molecule has 0 saturated heterocycles. The van der Waals surface area contributed by atoms with Gasteiger partial charge in [0.15, 0.2) is 10.8 Å². The zero-order chi connectivity index (χ0) is 17.8. The lowest BCUT2D eigenvalue weighted by atomic mass is 10.2. The lowest BCUT2D eigenvalue weighted by Crippen LogP contribution is -1.94. The van der Waals surface area contributed by atoms with E-state index in [1.54, 1.807) is 18.4 Å². The fourth-order valence-electron chi connectivity index (χ4n) is 2.58. The summed E-state index contributed by atoms with van der Waals surface area (Å²) in [6.07, 6.45) is 2.00. The van der Waals surface area contributed by atoms with E-state index >= 15 is 0 Å². The van der Waals surface area contributed by atoms with E-state index < -0.39 is 0 Å².